The molecule has 22 heavy (non-hydrogen) atoms. The Kier molecular flexibility index (Phi) is 2.06. The highest BCUT2D eigenvalue weighted by atomic mass is 35.5. The summed E-state index contributed by atoms with van der Waals surface area (Å²) in [6, 6.07) is 4.80. The largest absolute Gasteiger partial charge is 0.284 e. The van der Waals surface area contributed by atoms with Gasteiger partial charge in [0, 0.05) is 18.0 Å². The van der Waals surface area contributed by atoms with Crippen LogP contribution in [0.5, 0.6) is 0 Å². The number of benzene rings is 1. The predicted octanol–water partition coefficient (Wildman–Crippen LogP) is 3.51. The van der Waals surface area contributed by atoms with Crippen molar-refractivity contribution >= 4 is 11.6 Å². The van der Waals surface area contributed by atoms with Gasteiger partial charge in [0.25, 0.3) is 5.56 Å². The van der Waals surface area contributed by atoms with Crippen molar-refractivity contribution in [2.75, 3.05) is 0 Å². The fourth-order valence-electron chi connectivity index (χ4n) is 5.49. The lowest BCUT2D eigenvalue weighted by Crippen LogP contribution is -2.24. The Morgan fingerprint density at radius 1 is 1.41 bits per heavy atom. The minimum atomic E-state index is -0.533. The lowest BCUT2D eigenvalue weighted by Gasteiger charge is -2.19. The monoisotopic (exact) mass is 318 g/mol. The molecule has 2 saturated carbocycles. The highest BCUT2D eigenvalue weighted by molar-refractivity contribution is 6.30. The zero-order valence-electron chi connectivity index (χ0n) is 12.5. The second kappa shape index (κ2) is 3.51. The Balaban J connectivity index is 1.83. The summed E-state index contributed by atoms with van der Waals surface area (Å²) in [5.74, 6) is -0.196. The molecule has 2 aromatic rings. The van der Waals surface area contributed by atoms with Crippen LogP contribution in [0.25, 0.3) is 5.69 Å². The Morgan fingerprint density at radius 3 is 2.86 bits per heavy atom. The van der Waals surface area contributed by atoms with Gasteiger partial charge >= 0.3 is 0 Å². The van der Waals surface area contributed by atoms with Crippen LogP contribution in [0.2, 0.25) is 5.02 Å². The van der Waals surface area contributed by atoms with Gasteiger partial charge in [-0.05, 0) is 42.7 Å². The number of fused-ring (bicyclic) bond motifs is 2. The molecule has 0 spiro atoms. The molecule has 3 nitrogen and oxygen atoms in total. The number of hydrogen-bond acceptors (Lipinski definition) is 1. The van der Waals surface area contributed by atoms with E-state index in [9.17, 15) is 9.18 Å². The van der Waals surface area contributed by atoms with Gasteiger partial charge in [-0.3, -0.25) is 9.48 Å². The van der Waals surface area contributed by atoms with Crippen LogP contribution in [0.15, 0.2) is 23.0 Å². The van der Waals surface area contributed by atoms with Crippen LogP contribution >= 0.6 is 11.6 Å². The van der Waals surface area contributed by atoms with Gasteiger partial charge < -0.3 is 0 Å². The standard InChI is InChI=1S/C17H16ClFN2O/c1-16-8-17(16)7-6-9(16)12-14(17)20(2)21(15(12)22)11-5-3-4-10(18)13(11)19/h3-5,9H,6-8H2,1-2H3/t9-,16?,17-/m1/s1. The van der Waals surface area contributed by atoms with Crippen molar-refractivity contribution < 1.29 is 4.39 Å². The van der Waals surface area contributed by atoms with E-state index in [0.717, 1.165) is 30.5 Å². The molecule has 0 radical (unpaired) electrons. The Hall–Kier alpha value is -1.55. The summed E-state index contributed by atoms with van der Waals surface area (Å²) in [5, 5.41) is 0.0446. The summed E-state index contributed by atoms with van der Waals surface area (Å²) < 4.78 is 17.7. The molecule has 1 aromatic heterocycles. The van der Waals surface area contributed by atoms with Gasteiger partial charge in [0.05, 0.1) is 10.7 Å². The van der Waals surface area contributed by atoms with Crippen LogP contribution in [-0.2, 0) is 12.5 Å². The third kappa shape index (κ3) is 1.10. The van der Waals surface area contributed by atoms with Crippen LogP contribution in [0, 0.1) is 11.2 Å². The van der Waals surface area contributed by atoms with E-state index in [4.69, 9.17) is 11.6 Å². The number of hydrogen-bond donors (Lipinski definition) is 0. The quantitative estimate of drug-likeness (QED) is 0.790. The molecule has 0 aliphatic heterocycles. The molecular weight excluding hydrogens is 303 g/mol. The molecule has 3 aliphatic carbocycles. The zero-order chi connectivity index (χ0) is 15.4. The van der Waals surface area contributed by atoms with E-state index in [1.165, 1.54) is 10.7 Å². The molecular formula is C17H16ClFN2O. The molecule has 0 N–H and O–H groups in total. The molecule has 3 aliphatic rings. The lowest BCUT2D eigenvalue weighted by molar-refractivity contribution is 0.468. The van der Waals surface area contributed by atoms with Crippen LogP contribution < -0.4 is 5.56 Å². The number of rotatable bonds is 1. The van der Waals surface area contributed by atoms with Gasteiger partial charge in [-0.2, -0.15) is 0 Å². The first-order valence-corrected chi connectivity index (χ1v) is 8.07. The SMILES string of the molecule is Cn1c2c(c(=O)n1-c1cccc(Cl)c1F)[C@H]1CC[C@@]23CC13C. The molecule has 5 rings (SSSR count). The van der Waals surface area contributed by atoms with Crippen LogP contribution in [0.4, 0.5) is 4.39 Å². The summed E-state index contributed by atoms with van der Waals surface area (Å²) in [7, 11) is 1.87. The molecule has 1 heterocycles. The molecule has 114 valence electrons. The Labute approximate surface area is 132 Å². The smallest absolute Gasteiger partial charge is 0.275 e. The van der Waals surface area contributed by atoms with Crippen molar-refractivity contribution in [1.29, 1.82) is 0 Å². The van der Waals surface area contributed by atoms with Crippen LogP contribution in [-0.4, -0.2) is 9.36 Å². The van der Waals surface area contributed by atoms with Gasteiger partial charge in [-0.25, -0.2) is 9.07 Å². The molecule has 2 fully saturated rings. The van der Waals surface area contributed by atoms with Crippen molar-refractivity contribution in [3.8, 4) is 5.69 Å². The first-order chi connectivity index (χ1) is 10.4. The Morgan fingerprint density at radius 2 is 2.18 bits per heavy atom. The van der Waals surface area contributed by atoms with E-state index in [-0.39, 0.29) is 27.1 Å². The van der Waals surface area contributed by atoms with Crippen molar-refractivity contribution in [2.45, 2.75) is 37.5 Å². The molecule has 1 unspecified atom stereocenters. The fourth-order valence-corrected chi connectivity index (χ4v) is 5.66. The average Bonchev–Trinajstić information content (AvgIpc) is 2.73. The maximum Gasteiger partial charge on any atom is 0.275 e. The van der Waals surface area contributed by atoms with Gasteiger partial charge in [0.15, 0.2) is 5.82 Å². The van der Waals surface area contributed by atoms with E-state index in [1.54, 1.807) is 12.1 Å². The normalized spacial score (nSPS) is 33.9. The van der Waals surface area contributed by atoms with Crippen molar-refractivity contribution in [1.82, 2.24) is 9.36 Å². The van der Waals surface area contributed by atoms with Gasteiger partial charge in [0.1, 0.15) is 5.69 Å². The second-order valence-electron chi connectivity index (χ2n) is 7.24. The number of halogens is 2. The van der Waals surface area contributed by atoms with Gasteiger partial charge in [-0.1, -0.05) is 24.6 Å². The minimum Gasteiger partial charge on any atom is -0.284 e. The number of nitrogens with zero attached hydrogens (tertiary/aromatic N) is 2. The first kappa shape index (κ1) is 12.9. The van der Waals surface area contributed by atoms with E-state index >= 15 is 0 Å². The highest BCUT2D eigenvalue weighted by Gasteiger charge is 2.78. The molecule has 0 amide bonds. The van der Waals surface area contributed by atoms with E-state index in [2.05, 4.69) is 6.92 Å². The summed E-state index contributed by atoms with van der Waals surface area (Å²) in [4.78, 5) is 13.0. The molecule has 5 heteroatoms. The Bertz CT molecular complexity index is 910. The van der Waals surface area contributed by atoms with Crippen LogP contribution in [0.3, 0.4) is 0 Å². The molecule has 0 saturated heterocycles. The topological polar surface area (TPSA) is 26.9 Å². The molecule has 2 bridgehead atoms. The maximum absolute atomic E-state index is 14.4. The summed E-state index contributed by atoms with van der Waals surface area (Å²) in [6.45, 7) is 2.30. The zero-order valence-corrected chi connectivity index (χ0v) is 13.2. The van der Waals surface area contributed by atoms with E-state index < -0.39 is 5.82 Å². The predicted molar refractivity (Wildman–Crippen MR) is 82.4 cm³/mol. The third-order valence-electron chi connectivity index (χ3n) is 6.53. The second-order valence-corrected chi connectivity index (χ2v) is 7.65. The summed E-state index contributed by atoms with van der Waals surface area (Å²) >= 11 is 5.89. The van der Waals surface area contributed by atoms with Gasteiger partial charge in [0.2, 0.25) is 0 Å². The average molecular weight is 319 g/mol. The molecule has 3 atom stereocenters. The van der Waals surface area contributed by atoms with Crippen molar-refractivity contribution in [2.24, 2.45) is 12.5 Å². The van der Waals surface area contributed by atoms with Gasteiger partial charge in [-0.15, -0.1) is 0 Å². The summed E-state index contributed by atoms with van der Waals surface area (Å²) in [6.07, 6.45) is 3.39. The first-order valence-electron chi connectivity index (χ1n) is 7.69. The minimum absolute atomic E-state index is 0.0446. The maximum atomic E-state index is 14.4. The number of aromatic nitrogens is 2. The third-order valence-corrected chi connectivity index (χ3v) is 6.82. The van der Waals surface area contributed by atoms with Crippen molar-refractivity contribution in [3.63, 3.8) is 0 Å². The van der Waals surface area contributed by atoms with Crippen LogP contribution in [0.1, 0.15) is 43.4 Å². The fraction of sp³-hybridized carbons (Fsp3) is 0.471. The highest BCUT2D eigenvalue weighted by Crippen LogP contribution is 2.83. The molecule has 1 aromatic carbocycles. The van der Waals surface area contributed by atoms with E-state index in [1.807, 2.05) is 11.7 Å². The van der Waals surface area contributed by atoms with E-state index in [0.29, 0.717) is 5.92 Å². The summed E-state index contributed by atoms with van der Waals surface area (Å²) in [5.41, 5.74) is 2.64. The lowest BCUT2D eigenvalue weighted by atomic mass is 9.86. The van der Waals surface area contributed by atoms with Crippen molar-refractivity contribution in [3.05, 3.63) is 50.7 Å².